The van der Waals surface area contributed by atoms with Gasteiger partial charge in [0, 0.05) is 0 Å². The highest BCUT2D eigenvalue weighted by molar-refractivity contribution is 7.89. The zero-order chi connectivity index (χ0) is 19.6. The predicted octanol–water partition coefficient (Wildman–Crippen LogP) is 3.86. The Bertz CT molecular complexity index is 1110. The highest BCUT2D eigenvalue weighted by Crippen LogP contribution is 2.35. The first-order chi connectivity index (χ1) is 12.8. The van der Waals surface area contributed by atoms with Gasteiger partial charge in [0.1, 0.15) is 5.69 Å². The van der Waals surface area contributed by atoms with Gasteiger partial charge in [-0.15, -0.1) is 10.2 Å². The number of halogens is 1. The molecule has 0 unspecified atom stereocenters. The van der Waals surface area contributed by atoms with Crippen LogP contribution in [-0.4, -0.2) is 30.4 Å². The number of benzene rings is 2. The molecule has 0 radical (unpaired) electrons. The van der Waals surface area contributed by atoms with Gasteiger partial charge in [-0.3, -0.25) is 0 Å². The normalized spacial score (nSPS) is 12.0. The average Bonchev–Trinajstić information content (AvgIpc) is 2.95. The standard InChI is InChI=1S/C17H16ClN5O3S/c1-11-16(21-20-15-6-4-3-5-14(15)18)17(24)23(22-11)12-7-9-13(10-8-12)27(25,26)19-2/h3-10,19,24H,1-2H3/b21-20+. The van der Waals surface area contributed by atoms with Crippen molar-refractivity contribution in [1.29, 1.82) is 0 Å². The van der Waals surface area contributed by atoms with Gasteiger partial charge in [-0.25, -0.2) is 13.1 Å². The first-order valence-corrected chi connectivity index (χ1v) is 9.68. The van der Waals surface area contributed by atoms with Crippen LogP contribution >= 0.6 is 11.6 Å². The number of aromatic hydroxyl groups is 1. The fourth-order valence-electron chi connectivity index (χ4n) is 2.32. The molecule has 1 aromatic heterocycles. The highest BCUT2D eigenvalue weighted by atomic mass is 35.5. The molecular weight excluding hydrogens is 390 g/mol. The van der Waals surface area contributed by atoms with Crippen LogP contribution in [-0.2, 0) is 10.0 Å². The Morgan fingerprint density at radius 1 is 1.11 bits per heavy atom. The first-order valence-electron chi connectivity index (χ1n) is 7.82. The zero-order valence-electron chi connectivity index (χ0n) is 14.5. The summed E-state index contributed by atoms with van der Waals surface area (Å²) >= 11 is 6.04. The molecular formula is C17H16ClN5O3S. The van der Waals surface area contributed by atoms with Gasteiger partial charge in [-0.1, -0.05) is 23.7 Å². The molecule has 0 aliphatic heterocycles. The number of aromatic nitrogens is 2. The molecule has 3 aromatic rings. The molecule has 2 aromatic carbocycles. The van der Waals surface area contributed by atoms with Crippen molar-refractivity contribution in [3.63, 3.8) is 0 Å². The van der Waals surface area contributed by atoms with Crippen LogP contribution in [0, 0.1) is 6.92 Å². The minimum atomic E-state index is -3.54. The van der Waals surface area contributed by atoms with E-state index in [1.54, 1.807) is 31.2 Å². The van der Waals surface area contributed by atoms with E-state index in [1.807, 2.05) is 0 Å². The number of nitrogens with zero attached hydrogens (tertiary/aromatic N) is 4. The summed E-state index contributed by atoms with van der Waals surface area (Å²) in [6.45, 7) is 1.68. The second kappa shape index (κ2) is 7.47. The lowest BCUT2D eigenvalue weighted by Gasteiger charge is -2.05. The van der Waals surface area contributed by atoms with Gasteiger partial charge in [-0.2, -0.15) is 9.78 Å². The molecule has 0 saturated heterocycles. The van der Waals surface area contributed by atoms with Gasteiger partial charge in [0.15, 0.2) is 5.69 Å². The lowest BCUT2D eigenvalue weighted by Crippen LogP contribution is -2.18. The molecule has 0 spiro atoms. The maximum absolute atomic E-state index is 11.8. The second-order valence-corrected chi connectivity index (χ2v) is 7.82. The Hall–Kier alpha value is -2.75. The molecule has 0 bridgehead atoms. The molecule has 0 saturated carbocycles. The van der Waals surface area contributed by atoms with Crippen molar-refractivity contribution in [2.75, 3.05) is 7.05 Å². The van der Waals surface area contributed by atoms with E-state index in [1.165, 1.54) is 36.0 Å². The third kappa shape index (κ3) is 3.85. The van der Waals surface area contributed by atoms with E-state index in [-0.39, 0.29) is 16.5 Å². The van der Waals surface area contributed by atoms with E-state index >= 15 is 0 Å². The van der Waals surface area contributed by atoms with E-state index in [0.29, 0.717) is 22.1 Å². The summed E-state index contributed by atoms with van der Waals surface area (Å²) in [4.78, 5) is 0.107. The van der Waals surface area contributed by atoms with Crippen LogP contribution < -0.4 is 4.72 Å². The summed E-state index contributed by atoms with van der Waals surface area (Å²) in [6.07, 6.45) is 0. The molecule has 0 fully saturated rings. The quantitative estimate of drug-likeness (QED) is 0.628. The summed E-state index contributed by atoms with van der Waals surface area (Å²) in [7, 11) is -2.21. The van der Waals surface area contributed by atoms with Crippen molar-refractivity contribution in [2.45, 2.75) is 11.8 Å². The van der Waals surface area contributed by atoms with E-state index in [9.17, 15) is 13.5 Å². The van der Waals surface area contributed by atoms with Crippen molar-refractivity contribution >= 4 is 33.0 Å². The number of hydrogen-bond acceptors (Lipinski definition) is 6. The number of hydrogen-bond donors (Lipinski definition) is 2. The van der Waals surface area contributed by atoms with Gasteiger partial charge in [0.05, 0.1) is 21.3 Å². The summed E-state index contributed by atoms with van der Waals surface area (Å²) in [6, 6.07) is 12.8. The molecule has 0 aliphatic carbocycles. The summed E-state index contributed by atoms with van der Waals surface area (Å²) in [5, 5.41) is 23.3. The Labute approximate surface area is 161 Å². The third-order valence-corrected chi connectivity index (χ3v) is 5.53. The van der Waals surface area contributed by atoms with E-state index in [4.69, 9.17) is 11.6 Å². The highest BCUT2D eigenvalue weighted by Gasteiger charge is 2.17. The van der Waals surface area contributed by atoms with E-state index < -0.39 is 10.0 Å². The topological polar surface area (TPSA) is 109 Å². The molecule has 8 nitrogen and oxygen atoms in total. The fraction of sp³-hybridized carbons (Fsp3) is 0.118. The Balaban J connectivity index is 1.95. The number of azo groups is 1. The zero-order valence-corrected chi connectivity index (χ0v) is 16.0. The number of sulfonamides is 1. The molecule has 0 aliphatic rings. The molecule has 1 heterocycles. The van der Waals surface area contributed by atoms with E-state index in [2.05, 4.69) is 20.0 Å². The summed E-state index contributed by atoms with van der Waals surface area (Å²) in [5.74, 6) is -0.215. The minimum Gasteiger partial charge on any atom is -0.492 e. The smallest absolute Gasteiger partial charge is 0.243 e. The molecule has 10 heteroatoms. The Kier molecular flexibility index (Phi) is 5.26. The Morgan fingerprint density at radius 3 is 2.41 bits per heavy atom. The third-order valence-electron chi connectivity index (χ3n) is 3.78. The number of aryl methyl sites for hydroxylation is 1. The van der Waals surface area contributed by atoms with Crippen LogP contribution in [0.1, 0.15) is 5.69 Å². The summed E-state index contributed by atoms with van der Waals surface area (Å²) in [5.41, 5.74) is 1.59. The van der Waals surface area contributed by atoms with Crippen LogP contribution in [0.5, 0.6) is 5.88 Å². The van der Waals surface area contributed by atoms with Crippen molar-refractivity contribution in [3.8, 4) is 11.6 Å². The Morgan fingerprint density at radius 2 is 1.78 bits per heavy atom. The van der Waals surface area contributed by atoms with Crippen LogP contribution in [0.25, 0.3) is 5.69 Å². The SMILES string of the molecule is CNS(=O)(=O)c1ccc(-n2nc(C)c(/N=N/c3ccccc3Cl)c2O)cc1. The monoisotopic (exact) mass is 405 g/mol. The van der Waals surface area contributed by atoms with Gasteiger partial charge < -0.3 is 5.11 Å². The minimum absolute atomic E-state index is 0.107. The van der Waals surface area contributed by atoms with Crippen LogP contribution in [0.15, 0.2) is 63.7 Å². The van der Waals surface area contributed by atoms with Crippen LogP contribution in [0.4, 0.5) is 11.4 Å². The molecule has 3 rings (SSSR count). The molecule has 140 valence electrons. The predicted molar refractivity (Wildman–Crippen MR) is 102 cm³/mol. The van der Waals surface area contributed by atoms with Gasteiger partial charge in [-0.05, 0) is 50.4 Å². The van der Waals surface area contributed by atoms with Gasteiger partial charge in [0.25, 0.3) is 0 Å². The lowest BCUT2D eigenvalue weighted by molar-refractivity contribution is 0.434. The van der Waals surface area contributed by atoms with Crippen molar-refractivity contribution < 1.29 is 13.5 Å². The van der Waals surface area contributed by atoms with Gasteiger partial charge >= 0.3 is 0 Å². The molecule has 0 atom stereocenters. The van der Waals surface area contributed by atoms with E-state index in [0.717, 1.165) is 0 Å². The maximum Gasteiger partial charge on any atom is 0.243 e. The van der Waals surface area contributed by atoms with Gasteiger partial charge in [0.2, 0.25) is 15.9 Å². The molecule has 0 amide bonds. The number of nitrogens with one attached hydrogen (secondary N) is 1. The number of rotatable bonds is 5. The second-order valence-electron chi connectivity index (χ2n) is 5.52. The van der Waals surface area contributed by atoms with Crippen LogP contribution in [0.3, 0.4) is 0 Å². The van der Waals surface area contributed by atoms with Crippen LogP contribution in [0.2, 0.25) is 5.02 Å². The summed E-state index contributed by atoms with van der Waals surface area (Å²) < 4.78 is 27.1. The first kappa shape index (κ1) is 19.0. The largest absolute Gasteiger partial charge is 0.492 e. The molecule has 27 heavy (non-hydrogen) atoms. The maximum atomic E-state index is 11.8. The lowest BCUT2D eigenvalue weighted by atomic mass is 10.3. The van der Waals surface area contributed by atoms with Crippen molar-refractivity contribution in [2.24, 2.45) is 10.2 Å². The average molecular weight is 406 g/mol. The fourth-order valence-corrected chi connectivity index (χ4v) is 3.23. The van der Waals surface area contributed by atoms with Crippen molar-refractivity contribution in [1.82, 2.24) is 14.5 Å². The molecule has 2 N–H and O–H groups in total. The van der Waals surface area contributed by atoms with Crippen molar-refractivity contribution in [3.05, 3.63) is 59.2 Å².